The van der Waals surface area contributed by atoms with Crippen LogP contribution in [0.15, 0.2) is 11.6 Å². The normalized spacial score (nSPS) is 35.0. The summed E-state index contributed by atoms with van der Waals surface area (Å²) in [6, 6.07) is 3.47. The number of rotatable bonds is 0. The Morgan fingerprint density at radius 1 is 1.36 bits per heavy atom. The maximum atomic E-state index is 8.46. The molecule has 2 fully saturated rings. The Morgan fingerprint density at radius 3 is 2.55 bits per heavy atom. The lowest BCUT2D eigenvalue weighted by molar-refractivity contribution is 0.474. The van der Waals surface area contributed by atoms with Crippen LogP contribution in [0.5, 0.6) is 0 Å². The third-order valence-electron chi connectivity index (χ3n) is 2.62. The zero-order valence-corrected chi connectivity index (χ0v) is 6.51. The zero-order chi connectivity index (χ0) is 7.68. The largest absolute Gasteiger partial charge is 0.311 e. The fourth-order valence-corrected chi connectivity index (χ4v) is 2.15. The molecule has 58 valence electrons. The highest BCUT2D eigenvalue weighted by Gasteiger charge is 2.29. The predicted octanol–water partition coefficient (Wildman–Crippen LogP) is 1.35. The molecule has 2 saturated heterocycles. The van der Waals surface area contributed by atoms with E-state index in [0.29, 0.717) is 12.1 Å². The molecule has 2 heteroatoms. The van der Waals surface area contributed by atoms with Crippen LogP contribution in [-0.4, -0.2) is 12.1 Å². The van der Waals surface area contributed by atoms with E-state index < -0.39 is 0 Å². The van der Waals surface area contributed by atoms with E-state index in [-0.39, 0.29) is 0 Å². The summed E-state index contributed by atoms with van der Waals surface area (Å²) in [6.45, 7) is 0. The highest BCUT2D eigenvalue weighted by Crippen LogP contribution is 2.29. The Hall–Kier alpha value is -0.810. The van der Waals surface area contributed by atoms with Gasteiger partial charge >= 0.3 is 0 Å². The Morgan fingerprint density at radius 2 is 2.00 bits per heavy atom. The van der Waals surface area contributed by atoms with Gasteiger partial charge in [-0.05, 0) is 25.7 Å². The van der Waals surface area contributed by atoms with Crippen molar-refractivity contribution in [2.75, 3.05) is 0 Å². The Kier molecular flexibility index (Phi) is 1.67. The van der Waals surface area contributed by atoms with Crippen molar-refractivity contribution in [2.24, 2.45) is 0 Å². The SMILES string of the molecule is N#CC=C1CC2CCC(C1)N2. The first-order valence-corrected chi connectivity index (χ1v) is 4.22. The van der Waals surface area contributed by atoms with Crippen molar-refractivity contribution in [3.05, 3.63) is 11.6 Å². The lowest BCUT2D eigenvalue weighted by Gasteiger charge is -2.22. The van der Waals surface area contributed by atoms with E-state index in [4.69, 9.17) is 5.26 Å². The molecule has 2 aliphatic heterocycles. The van der Waals surface area contributed by atoms with E-state index in [9.17, 15) is 0 Å². The molecule has 11 heavy (non-hydrogen) atoms. The smallest absolute Gasteiger partial charge is 0.0911 e. The summed E-state index contributed by atoms with van der Waals surface area (Å²) in [4.78, 5) is 0. The minimum Gasteiger partial charge on any atom is -0.311 e. The molecule has 2 heterocycles. The summed E-state index contributed by atoms with van der Waals surface area (Å²) in [5, 5.41) is 12.0. The molecule has 0 aromatic carbocycles. The van der Waals surface area contributed by atoms with Crippen LogP contribution in [0.2, 0.25) is 0 Å². The molecule has 2 atom stereocenters. The standard InChI is InChI=1S/C9H12N2/c10-4-3-7-5-8-1-2-9(6-7)11-8/h3,8-9,11H,1-2,5-6H2. The number of nitriles is 1. The van der Waals surface area contributed by atoms with Gasteiger partial charge < -0.3 is 5.32 Å². The number of hydrogen-bond donors (Lipinski definition) is 1. The average Bonchev–Trinajstić information content (AvgIpc) is 2.32. The van der Waals surface area contributed by atoms with Crippen LogP contribution in [0.4, 0.5) is 0 Å². The molecule has 2 nitrogen and oxygen atoms in total. The number of allylic oxidation sites excluding steroid dienone is 1. The fourth-order valence-electron chi connectivity index (χ4n) is 2.15. The van der Waals surface area contributed by atoms with Gasteiger partial charge in [0, 0.05) is 18.2 Å². The zero-order valence-electron chi connectivity index (χ0n) is 6.51. The van der Waals surface area contributed by atoms with Crippen molar-refractivity contribution in [3.63, 3.8) is 0 Å². The van der Waals surface area contributed by atoms with E-state index in [1.807, 2.05) is 0 Å². The first-order chi connectivity index (χ1) is 5.38. The highest BCUT2D eigenvalue weighted by atomic mass is 15.0. The number of fused-ring (bicyclic) bond motifs is 2. The highest BCUT2D eigenvalue weighted by molar-refractivity contribution is 5.19. The Bertz CT molecular complexity index is 210. The average molecular weight is 148 g/mol. The van der Waals surface area contributed by atoms with Crippen molar-refractivity contribution in [1.29, 1.82) is 5.26 Å². The van der Waals surface area contributed by atoms with Gasteiger partial charge in [-0.1, -0.05) is 5.57 Å². The van der Waals surface area contributed by atoms with Gasteiger partial charge in [0.1, 0.15) is 0 Å². The van der Waals surface area contributed by atoms with Crippen molar-refractivity contribution in [2.45, 2.75) is 37.8 Å². The van der Waals surface area contributed by atoms with Crippen LogP contribution in [0.25, 0.3) is 0 Å². The predicted molar refractivity (Wildman–Crippen MR) is 42.9 cm³/mol. The summed E-state index contributed by atoms with van der Waals surface area (Å²) in [5.74, 6) is 0. The van der Waals surface area contributed by atoms with Gasteiger partial charge in [0.15, 0.2) is 0 Å². The molecule has 2 rings (SSSR count). The molecule has 0 aromatic rings. The van der Waals surface area contributed by atoms with E-state index in [0.717, 1.165) is 12.8 Å². The van der Waals surface area contributed by atoms with Gasteiger partial charge in [0.05, 0.1) is 6.07 Å². The van der Waals surface area contributed by atoms with E-state index >= 15 is 0 Å². The minimum absolute atomic E-state index is 0.674. The van der Waals surface area contributed by atoms with Crippen LogP contribution in [0, 0.1) is 11.3 Å². The van der Waals surface area contributed by atoms with Crippen LogP contribution in [0.1, 0.15) is 25.7 Å². The maximum Gasteiger partial charge on any atom is 0.0911 e. The third-order valence-corrected chi connectivity index (χ3v) is 2.62. The Balaban J connectivity index is 2.09. The van der Waals surface area contributed by atoms with E-state index in [1.54, 1.807) is 6.08 Å². The number of nitrogens with one attached hydrogen (secondary N) is 1. The van der Waals surface area contributed by atoms with Gasteiger partial charge in [-0.15, -0.1) is 0 Å². The quantitative estimate of drug-likeness (QED) is 0.526. The fraction of sp³-hybridized carbons (Fsp3) is 0.667. The summed E-state index contributed by atoms with van der Waals surface area (Å²) >= 11 is 0. The molecule has 2 unspecified atom stereocenters. The van der Waals surface area contributed by atoms with Crippen LogP contribution >= 0.6 is 0 Å². The molecule has 0 aliphatic carbocycles. The van der Waals surface area contributed by atoms with Crippen molar-refractivity contribution in [3.8, 4) is 6.07 Å². The Labute approximate surface area is 66.9 Å². The van der Waals surface area contributed by atoms with Crippen molar-refractivity contribution < 1.29 is 0 Å². The van der Waals surface area contributed by atoms with Crippen molar-refractivity contribution in [1.82, 2.24) is 5.32 Å². The molecule has 0 radical (unpaired) electrons. The first kappa shape index (κ1) is 6.87. The second kappa shape index (κ2) is 2.67. The second-order valence-electron chi connectivity index (χ2n) is 3.48. The molecule has 0 spiro atoms. The monoisotopic (exact) mass is 148 g/mol. The van der Waals surface area contributed by atoms with Gasteiger partial charge in [-0.2, -0.15) is 5.26 Å². The molecule has 1 N–H and O–H groups in total. The summed E-state index contributed by atoms with van der Waals surface area (Å²) < 4.78 is 0. The van der Waals surface area contributed by atoms with Crippen LogP contribution in [0.3, 0.4) is 0 Å². The summed E-state index contributed by atoms with van der Waals surface area (Å²) in [6.07, 6.45) is 6.53. The molecule has 0 saturated carbocycles. The number of hydrogen-bond acceptors (Lipinski definition) is 2. The number of nitrogens with zero attached hydrogens (tertiary/aromatic N) is 1. The van der Waals surface area contributed by atoms with Gasteiger partial charge in [0.2, 0.25) is 0 Å². The lowest BCUT2D eigenvalue weighted by Crippen LogP contribution is -2.34. The van der Waals surface area contributed by atoms with Crippen molar-refractivity contribution >= 4 is 0 Å². The summed E-state index contributed by atoms with van der Waals surface area (Å²) in [5.41, 5.74) is 1.35. The number of piperidine rings is 1. The minimum atomic E-state index is 0.674. The van der Waals surface area contributed by atoms with Crippen LogP contribution < -0.4 is 5.32 Å². The molecular formula is C9H12N2. The molecule has 2 aliphatic rings. The first-order valence-electron chi connectivity index (χ1n) is 4.22. The van der Waals surface area contributed by atoms with Gasteiger partial charge in [-0.3, -0.25) is 0 Å². The second-order valence-corrected chi connectivity index (χ2v) is 3.48. The van der Waals surface area contributed by atoms with E-state index in [1.165, 1.54) is 18.4 Å². The molecule has 0 amide bonds. The van der Waals surface area contributed by atoms with Gasteiger partial charge in [-0.25, -0.2) is 0 Å². The molecule has 2 bridgehead atoms. The maximum absolute atomic E-state index is 8.46. The molecule has 0 aromatic heterocycles. The topological polar surface area (TPSA) is 35.8 Å². The van der Waals surface area contributed by atoms with Gasteiger partial charge in [0.25, 0.3) is 0 Å². The van der Waals surface area contributed by atoms with Crippen LogP contribution in [-0.2, 0) is 0 Å². The molecular weight excluding hydrogens is 136 g/mol. The lowest BCUT2D eigenvalue weighted by atomic mass is 9.99. The third kappa shape index (κ3) is 1.29. The summed E-state index contributed by atoms with van der Waals surface area (Å²) in [7, 11) is 0. The van der Waals surface area contributed by atoms with E-state index in [2.05, 4.69) is 11.4 Å².